The number of anilines is 1. The number of nitrogens with zero attached hydrogens (tertiary/aromatic N) is 1. The lowest BCUT2D eigenvalue weighted by atomic mass is 10.2. The van der Waals surface area contributed by atoms with E-state index in [4.69, 9.17) is 5.73 Å². The van der Waals surface area contributed by atoms with E-state index in [1.807, 2.05) is 6.07 Å². The van der Waals surface area contributed by atoms with Crippen molar-refractivity contribution in [2.24, 2.45) is 0 Å². The number of nitrogen functional groups attached to an aromatic ring is 1. The Morgan fingerprint density at radius 3 is 2.81 bits per heavy atom. The summed E-state index contributed by atoms with van der Waals surface area (Å²) in [7, 11) is -3.96. The van der Waals surface area contributed by atoms with Gasteiger partial charge in [0.25, 0.3) is 0 Å². The maximum atomic E-state index is 13.9. The van der Waals surface area contributed by atoms with Crippen molar-refractivity contribution in [3.8, 4) is 0 Å². The minimum absolute atomic E-state index is 0.00938. The van der Waals surface area contributed by atoms with Crippen LogP contribution in [0.3, 0.4) is 0 Å². The third-order valence-corrected chi connectivity index (χ3v) is 4.77. The molecule has 0 fully saturated rings. The maximum absolute atomic E-state index is 13.9. The van der Waals surface area contributed by atoms with Crippen LogP contribution in [0.1, 0.15) is 5.56 Å². The summed E-state index contributed by atoms with van der Waals surface area (Å²) in [6, 6.07) is 5.99. The van der Waals surface area contributed by atoms with Gasteiger partial charge in [0.2, 0.25) is 10.0 Å². The van der Waals surface area contributed by atoms with E-state index in [1.54, 1.807) is 18.5 Å². The van der Waals surface area contributed by atoms with Gasteiger partial charge in [-0.15, -0.1) is 0 Å². The van der Waals surface area contributed by atoms with Crippen LogP contribution in [0.4, 0.5) is 10.1 Å². The third kappa shape index (κ3) is 3.99. The van der Waals surface area contributed by atoms with Crippen molar-refractivity contribution >= 4 is 31.6 Å². The second-order valence-electron chi connectivity index (χ2n) is 4.32. The first-order chi connectivity index (χ1) is 9.90. The molecule has 2 aromatic rings. The number of pyridine rings is 1. The molecule has 1 aromatic carbocycles. The normalized spacial score (nSPS) is 11.5. The highest BCUT2D eigenvalue weighted by Crippen LogP contribution is 2.25. The van der Waals surface area contributed by atoms with Crippen molar-refractivity contribution in [1.82, 2.24) is 9.71 Å². The average molecular weight is 374 g/mol. The molecule has 0 saturated heterocycles. The lowest BCUT2D eigenvalue weighted by molar-refractivity contribution is 0.554. The lowest BCUT2D eigenvalue weighted by Gasteiger charge is -2.09. The number of hydrogen-bond donors (Lipinski definition) is 2. The molecule has 112 valence electrons. The molecule has 8 heteroatoms. The Labute approximate surface area is 130 Å². The molecular weight excluding hydrogens is 361 g/mol. The van der Waals surface area contributed by atoms with Gasteiger partial charge in [0, 0.05) is 24.6 Å². The summed E-state index contributed by atoms with van der Waals surface area (Å²) < 4.78 is 40.5. The number of hydrogen-bond acceptors (Lipinski definition) is 4. The van der Waals surface area contributed by atoms with Crippen LogP contribution in [-0.4, -0.2) is 19.9 Å². The lowest BCUT2D eigenvalue weighted by Crippen LogP contribution is -2.27. The van der Waals surface area contributed by atoms with Crippen LogP contribution in [0.2, 0.25) is 0 Å². The van der Waals surface area contributed by atoms with Crippen LogP contribution in [0, 0.1) is 5.82 Å². The average Bonchev–Trinajstić information content (AvgIpc) is 2.43. The molecule has 1 aromatic heterocycles. The first kappa shape index (κ1) is 15.9. The predicted molar refractivity (Wildman–Crippen MR) is 81.6 cm³/mol. The van der Waals surface area contributed by atoms with Crippen molar-refractivity contribution in [2.75, 3.05) is 12.3 Å². The van der Waals surface area contributed by atoms with Crippen LogP contribution >= 0.6 is 15.9 Å². The van der Waals surface area contributed by atoms with Crippen LogP contribution in [0.5, 0.6) is 0 Å². The number of nitrogens with two attached hydrogens (primary N) is 1. The van der Waals surface area contributed by atoms with Gasteiger partial charge in [-0.1, -0.05) is 6.07 Å². The highest BCUT2D eigenvalue weighted by atomic mass is 79.9. The first-order valence-corrected chi connectivity index (χ1v) is 8.31. The summed E-state index contributed by atoms with van der Waals surface area (Å²) in [5.74, 6) is -0.863. The molecule has 0 amide bonds. The van der Waals surface area contributed by atoms with Gasteiger partial charge in [-0.05, 0) is 46.1 Å². The topological polar surface area (TPSA) is 85.1 Å². The zero-order valence-electron chi connectivity index (χ0n) is 10.9. The minimum Gasteiger partial charge on any atom is -0.399 e. The molecule has 3 N–H and O–H groups in total. The van der Waals surface area contributed by atoms with E-state index < -0.39 is 20.7 Å². The largest absolute Gasteiger partial charge is 0.399 e. The maximum Gasteiger partial charge on any atom is 0.243 e. The second kappa shape index (κ2) is 6.50. The van der Waals surface area contributed by atoms with Crippen LogP contribution in [0.25, 0.3) is 0 Å². The molecule has 0 aliphatic carbocycles. The van der Waals surface area contributed by atoms with Crippen LogP contribution < -0.4 is 10.5 Å². The number of nitrogens with one attached hydrogen (secondary N) is 1. The first-order valence-electron chi connectivity index (χ1n) is 6.03. The summed E-state index contributed by atoms with van der Waals surface area (Å²) in [5.41, 5.74) is 6.59. The number of aromatic nitrogens is 1. The highest BCUT2D eigenvalue weighted by molar-refractivity contribution is 9.10. The zero-order valence-corrected chi connectivity index (χ0v) is 13.3. The molecular formula is C13H13BrFN3O2S. The van der Waals surface area contributed by atoms with Gasteiger partial charge in [0.05, 0.1) is 4.47 Å². The minimum atomic E-state index is -3.96. The zero-order chi connectivity index (χ0) is 15.5. The molecule has 0 unspecified atom stereocenters. The van der Waals surface area contributed by atoms with Crippen molar-refractivity contribution in [3.05, 3.63) is 52.5 Å². The Morgan fingerprint density at radius 1 is 1.38 bits per heavy atom. The molecule has 0 spiro atoms. The van der Waals surface area contributed by atoms with Gasteiger partial charge in [-0.3, -0.25) is 4.98 Å². The van der Waals surface area contributed by atoms with Crippen LogP contribution in [-0.2, 0) is 16.4 Å². The van der Waals surface area contributed by atoms with E-state index in [0.717, 1.165) is 11.6 Å². The van der Waals surface area contributed by atoms with E-state index >= 15 is 0 Å². The van der Waals surface area contributed by atoms with Gasteiger partial charge in [0.1, 0.15) is 4.90 Å². The smallest absolute Gasteiger partial charge is 0.243 e. The Hall–Kier alpha value is -1.51. The Morgan fingerprint density at radius 2 is 2.14 bits per heavy atom. The number of benzene rings is 1. The second-order valence-corrected chi connectivity index (χ2v) is 6.91. The van der Waals surface area contributed by atoms with E-state index in [2.05, 4.69) is 25.6 Å². The number of sulfonamides is 1. The van der Waals surface area contributed by atoms with E-state index in [1.165, 1.54) is 6.07 Å². The van der Waals surface area contributed by atoms with Crippen molar-refractivity contribution in [2.45, 2.75) is 11.3 Å². The fourth-order valence-electron chi connectivity index (χ4n) is 1.73. The molecule has 0 radical (unpaired) electrons. The fraction of sp³-hybridized carbons (Fsp3) is 0.154. The highest BCUT2D eigenvalue weighted by Gasteiger charge is 2.21. The molecule has 2 rings (SSSR count). The van der Waals surface area contributed by atoms with Gasteiger partial charge < -0.3 is 5.73 Å². The molecule has 21 heavy (non-hydrogen) atoms. The third-order valence-electron chi connectivity index (χ3n) is 2.74. The molecule has 0 saturated carbocycles. The fourth-order valence-corrected chi connectivity index (χ4v) is 3.51. The summed E-state index contributed by atoms with van der Waals surface area (Å²) in [4.78, 5) is 3.46. The SMILES string of the molecule is Nc1cc(Br)c(F)c(S(=O)(=O)NCCc2cccnc2)c1. The quantitative estimate of drug-likeness (QED) is 0.785. The van der Waals surface area contributed by atoms with Crippen LogP contribution in [0.15, 0.2) is 46.0 Å². The van der Waals surface area contributed by atoms with Gasteiger partial charge >= 0.3 is 0 Å². The summed E-state index contributed by atoms with van der Waals surface area (Å²) in [6.07, 6.45) is 3.73. The molecule has 5 nitrogen and oxygen atoms in total. The van der Waals surface area contributed by atoms with Gasteiger partial charge in [-0.2, -0.15) is 0 Å². The Bertz CT molecular complexity index is 739. The molecule has 0 aliphatic rings. The summed E-state index contributed by atoms with van der Waals surface area (Å²) in [6.45, 7) is 0.139. The molecule has 0 atom stereocenters. The Balaban J connectivity index is 2.12. The monoisotopic (exact) mass is 373 g/mol. The number of rotatable bonds is 5. The van der Waals surface area contributed by atoms with E-state index in [0.29, 0.717) is 6.42 Å². The predicted octanol–water partition coefficient (Wildman–Crippen LogP) is 2.09. The Kier molecular flexibility index (Phi) is 4.92. The van der Waals surface area contributed by atoms with E-state index in [9.17, 15) is 12.8 Å². The van der Waals surface area contributed by atoms with Gasteiger partial charge in [0.15, 0.2) is 5.82 Å². The molecule has 0 aliphatic heterocycles. The summed E-state index contributed by atoms with van der Waals surface area (Å²) in [5, 5.41) is 0. The molecule has 0 bridgehead atoms. The van der Waals surface area contributed by atoms with Crippen molar-refractivity contribution in [3.63, 3.8) is 0 Å². The van der Waals surface area contributed by atoms with Crippen molar-refractivity contribution < 1.29 is 12.8 Å². The standard InChI is InChI=1S/C13H13BrFN3O2S/c14-11-6-10(16)7-12(13(11)15)21(19,20)18-5-3-9-2-1-4-17-8-9/h1-2,4,6-8,18H,3,5,16H2. The summed E-state index contributed by atoms with van der Waals surface area (Å²) >= 11 is 2.94. The van der Waals surface area contributed by atoms with Gasteiger partial charge in [-0.25, -0.2) is 17.5 Å². The van der Waals surface area contributed by atoms with Crippen molar-refractivity contribution in [1.29, 1.82) is 0 Å². The number of halogens is 2. The molecule has 1 heterocycles. The van der Waals surface area contributed by atoms with E-state index in [-0.39, 0.29) is 16.7 Å².